The molecule has 1 heterocycles. The van der Waals surface area contributed by atoms with E-state index in [1.54, 1.807) is 11.8 Å². The molecule has 19 heavy (non-hydrogen) atoms. The third-order valence-electron chi connectivity index (χ3n) is 3.04. The Bertz CT molecular complexity index is 563. The van der Waals surface area contributed by atoms with Gasteiger partial charge in [-0.1, -0.05) is 24.6 Å². The molecule has 0 unspecified atom stereocenters. The minimum Gasteiger partial charge on any atom is -0.313 e. The number of aryl methyl sites for hydroxylation is 2. The molecule has 0 bridgehead atoms. The van der Waals surface area contributed by atoms with Crippen LogP contribution in [0, 0.1) is 13.8 Å². The SMILES string of the molecule is CCNCc1cc(C)ccc1Sc1nnc(C)n1C. The molecule has 2 rings (SSSR count). The molecule has 5 heteroatoms. The molecule has 0 aliphatic carbocycles. The maximum absolute atomic E-state index is 4.21. The molecule has 1 aromatic heterocycles. The Morgan fingerprint density at radius 1 is 1.26 bits per heavy atom. The van der Waals surface area contributed by atoms with Crippen LogP contribution in [-0.4, -0.2) is 21.3 Å². The predicted molar refractivity (Wildman–Crippen MR) is 78.4 cm³/mol. The second-order valence-corrected chi connectivity index (χ2v) is 5.59. The van der Waals surface area contributed by atoms with Crippen LogP contribution in [0.1, 0.15) is 23.9 Å². The van der Waals surface area contributed by atoms with Gasteiger partial charge in [-0.2, -0.15) is 0 Å². The second kappa shape index (κ2) is 6.21. The van der Waals surface area contributed by atoms with Crippen molar-refractivity contribution >= 4 is 11.8 Å². The van der Waals surface area contributed by atoms with Gasteiger partial charge in [-0.25, -0.2) is 0 Å². The van der Waals surface area contributed by atoms with Gasteiger partial charge in [0.1, 0.15) is 5.82 Å². The first-order valence-electron chi connectivity index (χ1n) is 6.46. The Morgan fingerprint density at radius 2 is 2.05 bits per heavy atom. The molecule has 4 nitrogen and oxygen atoms in total. The van der Waals surface area contributed by atoms with Crippen molar-refractivity contribution < 1.29 is 0 Å². The van der Waals surface area contributed by atoms with E-state index in [9.17, 15) is 0 Å². The largest absolute Gasteiger partial charge is 0.313 e. The quantitative estimate of drug-likeness (QED) is 0.912. The second-order valence-electron chi connectivity index (χ2n) is 4.58. The van der Waals surface area contributed by atoms with Crippen molar-refractivity contribution in [1.82, 2.24) is 20.1 Å². The minimum absolute atomic E-state index is 0.886. The van der Waals surface area contributed by atoms with Crippen molar-refractivity contribution in [3.63, 3.8) is 0 Å². The molecule has 0 aliphatic heterocycles. The van der Waals surface area contributed by atoms with Crippen LogP contribution >= 0.6 is 11.8 Å². The zero-order valence-electron chi connectivity index (χ0n) is 11.9. The van der Waals surface area contributed by atoms with E-state index in [1.807, 2.05) is 18.5 Å². The molecule has 1 N–H and O–H groups in total. The van der Waals surface area contributed by atoms with Crippen LogP contribution in [0.25, 0.3) is 0 Å². The summed E-state index contributed by atoms with van der Waals surface area (Å²) in [5.41, 5.74) is 2.60. The van der Waals surface area contributed by atoms with E-state index in [1.165, 1.54) is 16.0 Å². The van der Waals surface area contributed by atoms with E-state index in [-0.39, 0.29) is 0 Å². The van der Waals surface area contributed by atoms with Crippen LogP contribution in [0.5, 0.6) is 0 Å². The lowest BCUT2D eigenvalue weighted by Crippen LogP contribution is -2.12. The van der Waals surface area contributed by atoms with Crippen molar-refractivity contribution in [3.8, 4) is 0 Å². The Kier molecular flexibility index (Phi) is 4.61. The summed E-state index contributed by atoms with van der Waals surface area (Å²) in [4.78, 5) is 1.24. The summed E-state index contributed by atoms with van der Waals surface area (Å²) >= 11 is 1.67. The maximum atomic E-state index is 4.21. The number of aromatic nitrogens is 3. The molecule has 0 amide bonds. The summed E-state index contributed by atoms with van der Waals surface area (Å²) < 4.78 is 2.02. The molecule has 0 saturated heterocycles. The minimum atomic E-state index is 0.886. The van der Waals surface area contributed by atoms with Crippen molar-refractivity contribution in [2.75, 3.05) is 6.54 Å². The van der Waals surface area contributed by atoms with Gasteiger partial charge >= 0.3 is 0 Å². The summed E-state index contributed by atoms with van der Waals surface area (Å²) in [7, 11) is 2.00. The highest BCUT2D eigenvalue weighted by Crippen LogP contribution is 2.29. The van der Waals surface area contributed by atoms with E-state index in [0.717, 1.165) is 24.1 Å². The van der Waals surface area contributed by atoms with Crippen LogP contribution in [0.4, 0.5) is 0 Å². The van der Waals surface area contributed by atoms with Crippen molar-refractivity contribution in [1.29, 1.82) is 0 Å². The first kappa shape index (κ1) is 14.1. The lowest BCUT2D eigenvalue weighted by molar-refractivity contribution is 0.716. The van der Waals surface area contributed by atoms with E-state index < -0.39 is 0 Å². The van der Waals surface area contributed by atoms with Gasteiger partial charge in [0, 0.05) is 18.5 Å². The van der Waals surface area contributed by atoms with E-state index in [2.05, 4.69) is 47.6 Å². The zero-order valence-corrected chi connectivity index (χ0v) is 12.7. The van der Waals surface area contributed by atoms with Gasteiger partial charge in [0.15, 0.2) is 5.16 Å². The molecule has 0 aliphatic rings. The van der Waals surface area contributed by atoms with E-state index >= 15 is 0 Å². The fraction of sp³-hybridized carbons (Fsp3) is 0.429. The third kappa shape index (κ3) is 3.36. The highest BCUT2D eigenvalue weighted by molar-refractivity contribution is 7.99. The van der Waals surface area contributed by atoms with E-state index in [0.29, 0.717) is 0 Å². The average molecular weight is 276 g/mol. The molecular weight excluding hydrogens is 256 g/mol. The fourth-order valence-corrected chi connectivity index (χ4v) is 2.73. The van der Waals surface area contributed by atoms with Crippen molar-refractivity contribution in [2.24, 2.45) is 7.05 Å². The summed E-state index contributed by atoms with van der Waals surface area (Å²) in [6, 6.07) is 6.53. The van der Waals surface area contributed by atoms with Crippen molar-refractivity contribution in [3.05, 3.63) is 35.2 Å². The average Bonchev–Trinajstić information content (AvgIpc) is 2.71. The van der Waals surface area contributed by atoms with Gasteiger partial charge in [-0.3, -0.25) is 0 Å². The van der Waals surface area contributed by atoms with E-state index in [4.69, 9.17) is 0 Å². The standard InChI is InChI=1S/C14H20N4S/c1-5-15-9-12-8-10(2)6-7-13(12)19-14-17-16-11(3)18(14)4/h6-8,15H,5,9H2,1-4H3. The first-order valence-corrected chi connectivity index (χ1v) is 7.27. The number of hydrogen-bond donors (Lipinski definition) is 1. The topological polar surface area (TPSA) is 42.7 Å². The summed E-state index contributed by atoms with van der Waals surface area (Å²) in [6.45, 7) is 8.06. The Hall–Kier alpha value is -1.33. The van der Waals surface area contributed by atoms with Gasteiger partial charge in [-0.15, -0.1) is 10.2 Å². The van der Waals surface area contributed by atoms with Crippen LogP contribution in [0.15, 0.2) is 28.3 Å². The highest BCUT2D eigenvalue weighted by atomic mass is 32.2. The van der Waals surface area contributed by atoms with Crippen molar-refractivity contribution in [2.45, 2.75) is 37.4 Å². The monoisotopic (exact) mass is 276 g/mol. The lowest BCUT2D eigenvalue weighted by Gasteiger charge is -2.10. The third-order valence-corrected chi connectivity index (χ3v) is 4.19. The number of nitrogens with zero attached hydrogens (tertiary/aromatic N) is 3. The lowest BCUT2D eigenvalue weighted by atomic mass is 10.1. The molecule has 0 radical (unpaired) electrons. The van der Waals surface area contributed by atoms with Crippen LogP contribution in [-0.2, 0) is 13.6 Å². The molecule has 0 fully saturated rings. The van der Waals surface area contributed by atoms with Crippen LogP contribution in [0.2, 0.25) is 0 Å². The number of hydrogen-bond acceptors (Lipinski definition) is 4. The molecular formula is C14H20N4S. The Morgan fingerprint density at radius 3 is 2.68 bits per heavy atom. The summed E-state index contributed by atoms with van der Waals surface area (Å²) in [5.74, 6) is 0.933. The van der Waals surface area contributed by atoms with Crippen LogP contribution in [0.3, 0.4) is 0 Å². The molecule has 0 atom stereocenters. The van der Waals surface area contributed by atoms with Gasteiger partial charge in [0.05, 0.1) is 0 Å². The highest BCUT2D eigenvalue weighted by Gasteiger charge is 2.10. The number of rotatable bonds is 5. The Balaban J connectivity index is 2.26. The van der Waals surface area contributed by atoms with Gasteiger partial charge in [0.2, 0.25) is 0 Å². The summed E-state index contributed by atoms with van der Waals surface area (Å²) in [6.07, 6.45) is 0. The zero-order chi connectivity index (χ0) is 13.8. The molecule has 0 spiro atoms. The Labute approximate surface area is 118 Å². The number of benzene rings is 1. The fourth-order valence-electron chi connectivity index (χ4n) is 1.78. The smallest absolute Gasteiger partial charge is 0.195 e. The number of nitrogens with one attached hydrogen (secondary N) is 1. The first-order chi connectivity index (χ1) is 9.11. The summed E-state index contributed by atoms with van der Waals surface area (Å²) in [5, 5.41) is 12.6. The predicted octanol–water partition coefficient (Wildman–Crippen LogP) is 2.69. The molecule has 102 valence electrons. The normalized spacial score (nSPS) is 10.9. The van der Waals surface area contributed by atoms with Crippen LogP contribution < -0.4 is 5.32 Å². The molecule has 0 saturated carbocycles. The maximum Gasteiger partial charge on any atom is 0.195 e. The molecule has 1 aromatic carbocycles. The van der Waals surface area contributed by atoms with Gasteiger partial charge < -0.3 is 9.88 Å². The van der Waals surface area contributed by atoms with Gasteiger partial charge in [0.25, 0.3) is 0 Å². The molecule has 2 aromatic rings. The van der Waals surface area contributed by atoms with Gasteiger partial charge in [-0.05, 0) is 43.8 Å².